The maximum absolute atomic E-state index is 12.0. The van der Waals surface area contributed by atoms with Crippen LogP contribution in [-0.2, 0) is 0 Å². The van der Waals surface area contributed by atoms with E-state index in [1.165, 1.54) is 6.42 Å². The number of hydrogen-bond acceptors (Lipinski definition) is 3. The van der Waals surface area contributed by atoms with Gasteiger partial charge in [0.2, 0.25) is 0 Å². The van der Waals surface area contributed by atoms with Crippen molar-refractivity contribution in [2.75, 3.05) is 20.1 Å². The van der Waals surface area contributed by atoms with Crippen molar-refractivity contribution in [1.29, 1.82) is 0 Å². The average Bonchev–Trinajstić information content (AvgIpc) is 2.81. The Morgan fingerprint density at radius 3 is 3.06 bits per heavy atom. The topological polar surface area (TPSA) is 32.3 Å². The fourth-order valence-corrected chi connectivity index (χ4v) is 2.60. The maximum atomic E-state index is 12.0. The van der Waals surface area contributed by atoms with Crippen LogP contribution in [0.1, 0.15) is 23.2 Å². The van der Waals surface area contributed by atoms with Crippen molar-refractivity contribution in [2.45, 2.75) is 18.9 Å². The predicted octanol–water partition coefficient (Wildman–Crippen LogP) is 1.99. The third kappa shape index (κ3) is 2.97. The van der Waals surface area contributed by atoms with Crippen LogP contribution in [0.5, 0.6) is 0 Å². The van der Waals surface area contributed by atoms with Crippen molar-refractivity contribution in [1.82, 2.24) is 10.2 Å². The van der Waals surface area contributed by atoms with Crippen molar-refractivity contribution in [2.24, 2.45) is 0 Å². The first-order chi connectivity index (χ1) is 7.31. The van der Waals surface area contributed by atoms with Gasteiger partial charge < -0.3 is 10.2 Å². The van der Waals surface area contributed by atoms with Gasteiger partial charge in [0.05, 0.1) is 5.56 Å². The predicted molar refractivity (Wildman–Crippen MR) is 69.6 cm³/mol. The largest absolute Gasteiger partial charge is 0.337 e. The van der Waals surface area contributed by atoms with Gasteiger partial charge >= 0.3 is 0 Å². The molecule has 0 saturated carbocycles. The number of rotatable bonds is 2. The number of likely N-dealkylation sites (N-methyl/N-ethyl adjacent to an activating group) is 1. The molecule has 2 heterocycles. The zero-order valence-electron chi connectivity index (χ0n) is 9.31. The molecule has 1 saturated heterocycles. The summed E-state index contributed by atoms with van der Waals surface area (Å²) in [5, 5.41) is 7.12. The van der Waals surface area contributed by atoms with E-state index in [0.717, 1.165) is 25.1 Å². The molecule has 1 aromatic rings. The zero-order valence-corrected chi connectivity index (χ0v) is 10.9. The van der Waals surface area contributed by atoms with Crippen molar-refractivity contribution >= 4 is 29.7 Å². The Morgan fingerprint density at radius 1 is 1.62 bits per heavy atom. The first-order valence-electron chi connectivity index (χ1n) is 5.30. The van der Waals surface area contributed by atoms with Crippen molar-refractivity contribution in [3.63, 3.8) is 0 Å². The smallest absolute Gasteiger partial charge is 0.254 e. The van der Waals surface area contributed by atoms with Gasteiger partial charge in [-0.1, -0.05) is 0 Å². The molecular formula is C11H17ClN2OS. The molecule has 5 heteroatoms. The second kappa shape index (κ2) is 6.23. The van der Waals surface area contributed by atoms with E-state index in [1.807, 2.05) is 28.8 Å². The molecule has 1 aromatic heterocycles. The second-order valence-electron chi connectivity index (χ2n) is 3.89. The number of carbonyl (C=O) groups is 1. The quantitative estimate of drug-likeness (QED) is 0.882. The number of carbonyl (C=O) groups excluding carboxylic acids is 1. The van der Waals surface area contributed by atoms with Crippen molar-refractivity contribution < 1.29 is 4.79 Å². The molecule has 0 spiro atoms. The van der Waals surface area contributed by atoms with Gasteiger partial charge in [-0.15, -0.1) is 12.4 Å². The molecule has 2 rings (SSSR count). The van der Waals surface area contributed by atoms with Crippen LogP contribution in [0.25, 0.3) is 0 Å². The molecule has 1 unspecified atom stereocenters. The molecular weight excluding hydrogens is 244 g/mol. The summed E-state index contributed by atoms with van der Waals surface area (Å²) in [4.78, 5) is 14.0. The molecule has 90 valence electrons. The van der Waals surface area contributed by atoms with Crippen molar-refractivity contribution in [3.05, 3.63) is 22.4 Å². The van der Waals surface area contributed by atoms with Gasteiger partial charge in [-0.25, -0.2) is 0 Å². The Bertz CT molecular complexity index is 329. The first kappa shape index (κ1) is 13.5. The van der Waals surface area contributed by atoms with Gasteiger partial charge in [0.1, 0.15) is 0 Å². The highest BCUT2D eigenvalue weighted by molar-refractivity contribution is 7.08. The summed E-state index contributed by atoms with van der Waals surface area (Å²) in [5.41, 5.74) is 0.830. The average molecular weight is 261 g/mol. The third-order valence-electron chi connectivity index (χ3n) is 2.88. The summed E-state index contributed by atoms with van der Waals surface area (Å²) >= 11 is 1.58. The lowest BCUT2D eigenvalue weighted by atomic mass is 10.1. The highest BCUT2D eigenvalue weighted by atomic mass is 35.5. The molecule has 0 bridgehead atoms. The molecule has 0 aromatic carbocycles. The van der Waals surface area contributed by atoms with Crippen LogP contribution in [0.15, 0.2) is 16.8 Å². The number of piperidine rings is 1. The number of nitrogens with zero attached hydrogens (tertiary/aromatic N) is 1. The number of halogens is 1. The van der Waals surface area contributed by atoms with Crippen molar-refractivity contribution in [3.8, 4) is 0 Å². The lowest BCUT2D eigenvalue weighted by Gasteiger charge is -2.32. The van der Waals surface area contributed by atoms with Gasteiger partial charge in [-0.3, -0.25) is 4.79 Å². The van der Waals surface area contributed by atoms with Crippen LogP contribution >= 0.6 is 23.7 Å². The van der Waals surface area contributed by atoms with E-state index in [1.54, 1.807) is 11.3 Å². The first-order valence-corrected chi connectivity index (χ1v) is 6.24. The normalized spacial score (nSPS) is 20.3. The highest BCUT2D eigenvalue weighted by Crippen LogP contribution is 2.15. The Kier molecular flexibility index (Phi) is 5.25. The van der Waals surface area contributed by atoms with Crippen LogP contribution in [0.4, 0.5) is 0 Å². The number of thiophene rings is 1. The molecule has 0 radical (unpaired) electrons. The SMILES string of the molecule is CNC1CCCN(C(=O)c2ccsc2)C1.Cl. The number of amides is 1. The summed E-state index contributed by atoms with van der Waals surface area (Å²) in [5.74, 6) is 0.177. The molecule has 1 aliphatic heterocycles. The minimum atomic E-state index is 0. The molecule has 1 fully saturated rings. The molecule has 3 nitrogen and oxygen atoms in total. The Morgan fingerprint density at radius 2 is 2.44 bits per heavy atom. The van der Waals surface area contributed by atoms with E-state index in [9.17, 15) is 4.79 Å². The van der Waals surface area contributed by atoms with E-state index in [-0.39, 0.29) is 18.3 Å². The van der Waals surface area contributed by atoms with Crippen LogP contribution in [0.3, 0.4) is 0 Å². The monoisotopic (exact) mass is 260 g/mol. The van der Waals surface area contributed by atoms with E-state index in [2.05, 4.69) is 5.32 Å². The third-order valence-corrected chi connectivity index (χ3v) is 3.57. The fourth-order valence-electron chi connectivity index (χ4n) is 1.97. The standard InChI is InChI=1S/C11H16N2OS.ClH/c1-12-10-3-2-5-13(7-10)11(14)9-4-6-15-8-9;/h4,6,8,10,12H,2-3,5,7H2,1H3;1H. The summed E-state index contributed by atoms with van der Waals surface area (Å²) in [6.45, 7) is 1.73. The van der Waals surface area contributed by atoms with Gasteiger partial charge in [0.25, 0.3) is 5.91 Å². The lowest BCUT2D eigenvalue weighted by molar-refractivity contribution is 0.0699. The summed E-state index contributed by atoms with van der Waals surface area (Å²) in [6, 6.07) is 2.36. The Labute approximate surface area is 106 Å². The molecule has 1 N–H and O–H groups in total. The van der Waals surface area contributed by atoms with E-state index in [4.69, 9.17) is 0 Å². The van der Waals surface area contributed by atoms with Crippen LogP contribution < -0.4 is 5.32 Å². The van der Waals surface area contributed by atoms with E-state index >= 15 is 0 Å². The summed E-state index contributed by atoms with van der Waals surface area (Å²) in [7, 11) is 1.96. The zero-order chi connectivity index (χ0) is 10.7. The minimum absolute atomic E-state index is 0. The van der Waals surface area contributed by atoms with Gasteiger partial charge in [-0.2, -0.15) is 11.3 Å². The number of hydrogen-bond donors (Lipinski definition) is 1. The molecule has 1 amide bonds. The minimum Gasteiger partial charge on any atom is -0.337 e. The number of nitrogens with one attached hydrogen (secondary N) is 1. The van der Waals surface area contributed by atoms with E-state index < -0.39 is 0 Å². The fraction of sp³-hybridized carbons (Fsp3) is 0.545. The number of likely N-dealkylation sites (tertiary alicyclic amines) is 1. The van der Waals surface area contributed by atoms with E-state index in [0.29, 0.717) is 6.04 Å². The van der Waals surface area contributed by atoms with Crippen LogP contribution in [0.2, 0.25) is 0 Å². The Hall–Kier alpha value is -0.580. The maximum Gasteiger partial charge on any atom is 0.254 e. The summed E-state index contributed by atoms with van der Waals surface area (Å²) < 4.78 is 0. The van der Waals surface area contributed by atoms with Crippen LogP contribution in [0, 0.1) is 0 Å². The van der Waals surface area contributed by atoms with Gasteiger partial charge in [0.15, 0.2) is 0 Å². The molecule has 0 aliphatic carbocycles. The summed E-state index contributed by atoms with van der Waals surface area (Å²) in [6.07, 6.45) is 2.27. The van der Waals surface area contributed by atoms with Crippen LogP contribution in [-0.4, -0.2) is 37.0 Å². The lowest BCUT2D eigenvalue weighted by Crippen LogP contribution is -2.46. The van der Waals surface area contributed by atoms with Gasteiger partial charge in [0, 0.05) is 24.5 Å². The molecule has 1 aliphatic rings. The second-order valence-corrected chi connectivity index (χ2v) is 4.67. The van der Waals surface area contributed by atoms with Gasteiger partial charge in [-0.05, 0) is 31.3 Å². The highest BCUT2D eigenvalue weighted by Gasteiger charge is 2.23. The Balaban J connectivity index is 0.00000128. The molecule has 1 atom stereocenters. The molecule has 16 heavy (non-hydrogen) atoms.